The van der Waals surface area contributed by atoms with Gasteiger partial charge in [-0.25, -0.2) is 0 Å². The first-order valence-electron chi connectivity index (χ1n) is 3.47. The maximum absolute atomic E-state index is 8.80. The highest BCUT2D eigenvalue weighted by Crippen LogP contribution is 2.27. The van der Waals surface area contributed by atoms with E-state index in [4.69, 9.17) is 50.1 Å². The summed E-state index contributed by atoms with van der Waals surface area (Å²) in [6, 6.07) is 0. The lowest BCUT2D eigenvalue weighted by atomic mass is 10.4. The average molecular weight is 247 g/mol. The van der Waals surface area contributed by atoms with E-state index in [-0.39, 0.29) is 6.61 Å². The van der Waals surface area contributed by atoms with Gasteiger partial charge in [0.05, 0.1) is 6.10 Å². The number of hydrogen-bond acceptors (Lipinski definition) is 3. The van der Waals surface area contributed by atoms with E-state index in [1.54, 1.807) is 6.92 Å². The van der Waals surface area contributed by atoms with Crippen molar-refractivity contribution in [3.05, 3.63) is 12.2 Å². The highest BCUT2D eigenvalue weighted by Gasteiger charge is 2.28. The van der Waals surface area contributed by atoms with Gasteiger partial charge in [0.25, 0.3) is 3.79 Å². The van der Waals surface area contributed by atoms with Crippen molar-refractivity contribution in [3.63, 3.8) is 0 Å². The minimum Gasteiger partial charge on any atom is -0.474 e. The summed E-state index contributed by atoms with van der Waals surface area (Å²) in [4.78, 5) is 0. The molecular formula is C7H10Cl3NO2. The molecule has 0 heterocycles. The molecule has 0 aliphatic carbocycles. The van der Waals surface area contributed by atoms with E-state index in [0.29, 0.717) is 0 Å². The topological polar surface area (TPSA) is 53.3 Å². The van der Waals surface area contributed by atoms with E-state index >= 15 is 0 Å². The highest BCUT2D eigenvalue weighted by molar-refractivity contribution is 6.76. The van der Waals surface area contributed by atoms with Crippen LogP contribution in [0.5, 0.6) is 0 Å². The normalized spacial score (nSPS) is 14.5. The Labute approximate surface area is 91.7 Å². The SMILES string of the molecule is C[C@H](O)/C=C/COC(=N)C(Cl)(Cl)Cl. The predicted molar refractivity (Wildman–Crippen MR) is 54.8 cm³/mol. The van der Waals surface area contributed by atoms with Crippen LogP contribution >= 0.6 is 34.8 Å². The number of nitrogens with one attached hydrogen (secondary N) is 1. The second-order valence-electron chi connectivity index (χ2n) is 2.31. The van der Waals surface area contributed by atoms with E-state index in [0.717, 1.165) is 0 Å². The molecule has 0 radical (unpaired) electrons. The third kappa shape index (κ3) is 7.14. The maximum Gasteiger partial charge on any atom is 0.265 e. The fourth-order valence-corrected chi connectivity index (χ4v) is 0.629. The average Bonchev–Trinajstić information content (AvgIpc) is 1.95. The first-order valence-corrected chi connectivity index (χ1v) is 4.60. The molecule has 0 saturated carbocycles. The molecule has 0 bridgehead atoms. The number of aliphatic hydroxyl groups excluding tert-OH is 1. The first kappa shape index (κ1) is 13.0. The van der Waals surface area contributed by atoms with Crippen molar-refractivity contribution in [2.45, 2.75) is 16.8 Å². The standard InChI is InChI=1S/C7H10Cl3NO2/c1-5(12)3-2-4-13-6(11)7(8,9)10/h2-3,5,11-12H,4H2,1H3/b3-2+,11-6?/t5-/m0/s1. The lowest BCUT2D eigenvalue weighted by Gasteiger charge is -2.11. The Hall–Kier alpha value is 0.0400. The van der Waals surface area contributed by atoms with E-state index in [1.807, 2.05) is 0 Å². The molecule has 0 unspecified atom stereocenters. The molecule has 1 atom stereocenters. The van der Waals surface area contributed by atoms with Crippen molar-refractivity contribution in [2.24, 2.45) is 0 Å². The minimum atomic E-state index is -1.82. The van der Waals surface area contributed by atoms with Gasteiger partial charge in [-0.1, -0.05) is 40.9 Å². The molecule has 0 fully saturated rings. The largest absolute Gasteiger partial charge is 0.474 e. The molecule has 0 aliphatic heterocycles. The van der Waals surface area contributed by atoms with E-state index < -0.39 is 15.8 Å². The number of alkyl halides is 3. The Balaban J connectivity index is 3.73. The monoisotopic (exact) mass is 245 g/mol. The van der Waals surface area contributed by atoms with Crippen molar-refractivity contribution in [3.8, 4) is 0 Å². The van der Waals surface area contributed by atoms with Crippen LogP contribution in [0.15, 0.2) is 12.2 Å². The Morgan fingerprint density at radius 3 is 2.54 bits per heavy atom. The van der Waals surface area contributed by atoms with Crippen LogP contribution in [0.4, 0.5) is 0 Å². The van der Waals surface area contributed by atoms with Gasteiger partial charge in [0.15, 0.2) is 0 Å². The Bertz CT molecular complexity index is 198. The summed E-state index contributed by atoms with van der Waals surface area (Å²) in [6.45, 7) is 1.69. The van der Waals surface area contributed by atoms with Crippen LogP contribution in [0.3, 0.4) is 0 Å². The molecule has 13 heavy (non-hydrogen) atoms. The molecule has 0 rings (SSSR count). The van der Waals surface area contributed by atoms with Gasteiger partial charge in [0.1, 0.15) is 6.61 Å². The smallest absolute Gasteiger partial charge is 0.265 e. The second kappa shape index (κ2) is 5.70. The Morgan fingerprint density at radius 2 is 2.15 bits per heavy atom. The fourth-order valence-electron chi connectivity index (χ4n) is 0.466. The van der Waals surface area contributed by atoms with Gasteiger partial charge in [-0.05, 0) is 13.0 Å². The van der Waals surface area contributed by atoms with E-state index in [1.165, 1.54) is 12.2 Å². The first-order chi connectivity index (χ1) is 5.84. The third-order valence-corrected chi connectivity index (χ3v) is 1.51. The van der Waals surface area contributed by atoms with Crippen LogP contribution in [-0.4, -0.2) is 27.5 Å². The maximum atomic E-state index is 8.80. The molecule has 2 N–H and O–H groups in total. The van der Waals surface area contributed by atoms with E-state index in [2.05, 4.69) is 0 Å². The van der Waals surface area contributed by atoms with Crippen LogP contribution < -0.4 is 0 Å². The predicted octanol–water partition coefficient (Wildman–Crippen LogP) is 2.29. The van der Waals surface area contributed by atoms with Crippen molar-refractivity contribution in [1.82, 2.24) is 0 Å². The van der Waals surface area contributed by atoms with Crippen LogP contribution in [0.1, 0.15) is 6.92 Å². The van der Waals surface area contributed by atoms with Gasteiger partial charge in [0, 0.05) is 0 Å². The summed E-state index contributed by atoms with van der Waals surface area (Å²) >= 11 is 16.0. The van der Waals surface area contributed by atoms with Crippen molar-refractivity contribution in [1.29, 1.82) is 5.41 Å². The van der Waals surface area contributed by atoms with Crippen molar-refractivity contribution >= 4 is 40.7 Å². The zero-order chi connectivity index (χ0) is 10.5. The fraction of sp³-hybridized carbons (Fsp3) is 0.571. The van der Waals surface area contributed by atoms with Gasteiger partial charge in [-0.3, -0.25) is 5.41 Å². The lowest BCUT2D eigenvalue weighted by Crippen LogP contribution is -2.21. The van der Waals surface area contributed by atoms with Gasteiger partial charge in [-0.15, -0.1) is 0 Å². The summed E-state index contributed by atoms with van der Waals surface area (Å²) in [7, 11) is 0. The number of halogens is 3. The molecule has 0 saturated heterocycles. The van der Waals surface area contributed by atoms with Crippen molar-refractivity contribution < 1.29 is 9.84 Å². The molecular weight excluding hydrogens is 236 g/mol. The molecule has 0 spiro atoms. The van der Waals surface area contributed by atoms with Gasteiger partial charge in [-0.2, -0.15) is 0 Å². The Morgan fingerprint density at radius 1 is 1.62 bits per heavy atom. The Kier molecular flexibility index (Phi) is 5.72. The lowest BCUT2D eigenvalue weighted by molar-refractivity contribution is 0.242. The summed E-state index contributed by atoms with van der Waals surface area (Å²) in [5, 5.41) is 15.9. The van der Waals surface area contributed by atoms with Crippen LogP contribution in [-0.2, 0) is 4.74 Å². The number of rotatable bonds is 3. The summed E-state index contributed by atoms with van der Waals surface area (Å²) in [5.74, 6) is -0.437. The molecule has 0 aliphatic rings. The van der Waals surface area contributed by atoms with E-state index in [9.17, 15) is 0 Å². The summed E-state index contributed by atoms with van der Waals surface area (Å²) in [5.41, 5.74) is 0. The molecule has 0 aromatic heterocycles. The molecule has 0 aromatic carbocycles. The van der Waals surface area contributed by atoms with Crippen LogP contribution in [0, 0.1) is 5.41 Å². The zero-order valence-corrected chi connectivity index (χ0v) is 9.20. The summed E-state index contributed by atoms with van der Waals surface area (Å²) < 4.78 is 2.93. The molecule has 3 nitrogen and oxygen atoms in total. The minimum absolute atomic E-state index is 0.0949. The van der Waals surface area contributed by atoms with Gasteiger partial charge < -0.3 is 9.84 Å². The second-order valence-corrected chi connectivity index (χ2v) is 4.59. The van der Waals surface area contributed by atoms with Crippen LogP contribution in [0.2, 0.25) is 0 Å². The number of hydrogen-bond donors (Lipinski definition) is 2. The summed E-state index contributed by atoms with van der Waals surface area (Å²) in [6.07, 6.45) is 2.49. The molecule has 6 heteroatoms. The quantitative estimate of drug-likeness (QED) is 0.347. The number of aliphatic hydroxyl groups is 1. The number of ether oxygens (including phenoxy) is 1. The highest BCUT2D eigenvalue weighted by atomic mass is 35.6. The van der Waals surface area contributed by atoms with Gasteiger partial charge >= 0.3 is 0 Å². The van der Waals surface area contributed by atoms with Gasteiger partial charge in [0.2, 0.25) is 5.90 Å². The molecule has 76 valence electrons. The molecule has 0 aromatic rings. The third-order valence-electron chi connectivity index (χ3n) is 0.996. The molecule has 0 amide bonds. The van der Waals surface area contributed by atoms with Crippen LogP contribution in [0.25, 0.3) is 0 Å². The zero-order valence-electron chi connectivity index (χ0n) is 6.93. The van der Waals surface area contributed by atoms with Crippen molar-refractivity contribution in [2.75, 3.05) is 6.61 Å².